The smallest absolute Gasteiger partial charge is 0.329 e. The van der Waals surface area contributed by atoms with Crippen LogP contribution in [-0.2, 0) is 23.9 Å². The molecule has 1 aliphatic heterocycles. The molecule has 0 spiro atoms. The Morgan fingerprint density at radius 3 is 2.30 bits per heavy atom. The van der Waals surface area contributed by atoms with Gasteiger partial charge in [-0.1, -0.05) is 12.8 Å². The van der Waals surface area contributed by atoms with Gasteiger partial charge in [-0.3, -0.25) is 19.3 Å². The lowest BCUT2D eigenvalue weighted by Crippen LogP contribution is -2.45. The largest absolute Gasteiger partial charge is 0.494 e. The van der Waals surface area contributed by atoms with Crippen molar-refractivity contribution in [3.63, 3.8) is 0 Å². The Morgan fingerprint density at radius 1 is 1.15 bits per heavy atom. The highest BCUT2D eigenvalue weighted by Crippen LogP contribution is 2.38. The van der Waals surface area contributed by atoms with E-state index >= 15 is 0 Å². The molecular formula is C24H29N3O6. The lowest BCUT2D eigenvalue weighted by atomic mass is 9.81. The third kappa shape index (κ3) is 5.33. The van der Waals surface area contributed by atoms with Crippen LogP contribution in [0.15, 0.2) is 24.3 Å². The number of nitriles is 1. The molecule has 0 N–H and O–H groups in total. The first kappa shape index (κ1) is 24.2. The topological polar surface area (TPSA) is 117 Å². The number of amides is 3. The van der Waals surface area contributed by atoms with Crippen LogP contribution in [0.4, 0.5) is 5.69 Å². The standard InChI is InChI=1S/C24H29N3O6/c1-3-32-18-11-9-17(10-12-18)26(14-6-13-25)21(28)15-33-24(31)16(2)27-22(29)19-7-4-5-8-20(19)23(27)30/h9-12,16,19-20H,3-8,14-15H2,1-2H3. The summed E-state index contributed by atoms with van der Waals surface area (Å²) in [5, 5.41) is 8.94. The molecule has 2 aliphatic rings. The van der Waals surface area contributed by atoms with Gasteiger partial charge < -0.3 is 14.4 Å². The fourth-order valence-corrected chi connectivity index (χ4v) is 4.46. The van der Waals surface area contributed by atoms with Crippen molar-refractivity contribution in [2.24, 2.45) is 11.8 Å². The second-order valence-electron chi connectivity index (χ2n) is 8.21. The Morgan fingerprint density at radius 2 is 1.76 bits per heavy atom. The number of likely N-dealkylation sites (tertiary alicyclic amines) is 1. The minimum atomic E-state index is -1.10. The van der Waals surface area contributed by atoms with Crippen LogP contribution in [0.25, 0.3) is 0 Å². The molecule has 3 rings (SSSR count). The van der Waals surface area contributed by atoms with Crippen molar-refractivity contribution < 1.29 is 28.7 Å². The predicted molar refractivity (Wildman–Crippen MR) is 118 cm³/mol. The summed E-state index contributed by atoms with van der Waals surface area (Å²) in [6.07, 6.45) is 3.20. The van der Waals surface area contributed by atoms with E-state index in [-0.39, 0.29) is 36.6 Å². The summed E-state index contributed by atoms with van der Waals surface area (Å²) in [5.74, 6) is -2.04. The molecular weight excluding hydrogens is 426 g/mol. The molecule has 0 aromatic heterocycles. The number of hydrogen-bond donors (Lipinski definition) is 0. The molecule has 33 heavy (non-hydrogen) atoms. The molecule has 1 aromatic rings. The first-order chi connectivity index (χ1) is 15.9. The lowest BCUT2D eigenvalue weighted by molar-refractivity contribution is -0.159. The number of carbonyl (C=O) groups is 4. The molecule has 2 fully saturated rings. The van der Waals surface area contributed by atoms with Crippen LogP contribution < -0.4 is 9.64 Å². The SMILES string of the molecule is CCOc1ccc(N(CCC#N)C(=O)COC(=O)C(C)N2C(=O)C3CCCCC3C2=O)cc1. The molecule has 3 unspecified atom stereocenters. The zero-order valence-electron chi connectivity index (χ0n) is 19.0. The first-order valence-electron chi connectivity index (χ1n) is 11.3. The summed E-state index contributed by atoms with van der Waals surface area (Å²) in [4.78, 5) is 53.2. The molecule has 9 heteroatoms. The van der Waals surface area contributed by atoms with Crippen LogP contribution in [0.5, 0.6) is 5.75 Å². The number of esters is 1. The molecule has 3 amide bonds. The fourth-order valence-electron chi connectivity index (χ4n) is 4.46. The third-order valence-corrected chi connectivity index (χ3v) is 6.15. The fraction of sp³-hybridized carbons (Fsp3) is 0.542. The monoisotopic (exact) mass is 455 g/mol. The van der Waals surface area contributed by atoms with Gasteiger partial charge >= 0.3 is 5.97 Å². The highest BCUT2D eigenvalue weighted by atomic mass is 16.5. The minimum Gasteiger partial charge on any atom is -0.494 e. The van der Waals surface area contributed by atoms with Crippen molar-refractivity contribution in [2.45, 2.75) is 52.0 Å². The normalized spacial score (nSPS) is 20.6. The highest BCUT2D eigenvalue weighted by Gasteiger charge is 2.51. The van der Waals surface area contributed by atoms with E-state index < -0.39 is 24.5 Å². The summed E-state index contributed by atoms with van der Waals surface area (Å²) < 4.78 is 10.6. The van der Waals surface area contributed by atoms with Gasteiger partial charge in [0.1, 0.15) is 11.8 Å². The molecule has 1 aliphatic carbocycles. The van der Waals surface area contributed by atoms with Gasteiger partial charge in [0.15, 0.2) is 6.61 Å². The molecule has 9 nitrogen and oxygen atoms in total. The second-order valence-corrected chi connectivity index (χ2v) is 8.21. The Bertz CT molecular complexity index is 915. The van der Waals surface area contributed by atoms with Crippen molar-refractivity contribution in [3.05, 3.63) is 24.3 Å². The quantitative estimate of drug-likeness (QED) is 0.415. The highest BCUT2D eigenvalue weighted by molar-refractivity contribution is 6.08. The average molecular weight is 456 g/mol. The molecule has 3 atom stereocenters. The molecule has 176 valence electrons. The van der Waals surface area contributed by atoms with E-state index in [0.717, 1.165) is 17.7 Å². The van der Waals surface area contributed by atoms with Crippen LogP contribution in [0.1, 0.15) is 46.0 Å². The van der Waals surface area contributed by atoms with Crippen molar-refractivity contribution in [3.8, 4) is 11.8 Å². The van der Waals surface area contributed by atoms with E-state index in [4.69, 9.17) is 14.7 Å². The maximum absolute atomic E-state index is 12.8. The Balaban J connectivity index is 1.63. The van der Waals surface area contributed by atoms with E-state index in [0.29, 0.717) is 30.9 Å². The van der Waals surface area contributed by atoms with Gasteiger partial charge in [-0.05, 0) is 51.0 Å². The van der Waals surface area contributed by atoms with Gasteiger partial charge in [0.2, 0.25) is 11.8 Å². The van der Waals surface area contributed by atoms with Gasteiger partial charge in [0.25, 0.3) is 5.91 Å². The van der Waals surface area contributed by atoms with Crippen LogP contribution in [-0.4, -0.2) is 54.4 Å². The van der Waals surface area contributed by atoms with E-state index in [2.05, 4.69) is 0 Å². The summed E-state index contributed by atoms with van der Waals surface area (Å²) in [6.45, 7) is 3.38. The summed E-state index contributed by atoms with van der Waals surface area (Å²) in [5.41, 5.74) is 0.539. The number of rotatable bonds is 9. The number of fused-ring (bicyclic) bond motifs is 1. The van der Waals surface area contributed by atoms with E-state index in [1.54, 1.807) is 24.3 Å². The summed E-state index contributed by atoms with van der Waals surface area (Å²) >= 11 is 0. The Kier molecular flexibility index (Phi) is 8.04. The number of hydrogen-bond acceptors (Lipinski definition) is 7. The number of nitrogens with zero attached hydrogens (tertiary/aromatic N) is 3. The molecule has 0 bridgehead atoms. The lowest BCUT2D eigenvalue weighted by Gasteiger charge is -2.24. The van der Waals surface area contributed by atoms with Crippen LogP contribution in [0.3, 0.4) is 0 Å². The van der Waals surface area contributed by atoms with Crippen LogP contribution in [0.2, 0.25) is 0 Å². The summed E-state index contributed by atoms with van der Waals surface area (Å²) in [7, 11) is 0. The minimum absolute atomic E-state index is 0.100. The molecule has 0 radical (unpaired) electrons. The van der Waals surface area contributed by atoms with Gasteiger partial charge in [0, 0.05) is 12.2 Å². The predicted octanol–water partition coefficient (Wildman–Crippen LogP) is 2.44. The van der Waals surface area contributed by atoms with Gasteiger partial charge in [-0.2, -0.15) is 5.26 Å². The summed E-state index contributed by atoms with van der Waals surface area (Å²) in [6, 6.07) is 7.71. The zero-order valence-corrected chi connectivity index (χ0v) is 19.0. The Hall–Kier alpha value is -3.41. The van der Waals surface area contributed by atoms with Crippen molar-refractivity contribution in [2.75, 3.05) is 24.7 Å². The van der Waals surface area contributed by atoms with Crippen LogP contribution >= 0.6 is 0 Å². The van der Waals surface area contributed by atoms with E-state index in [1.165, 1.54) is 11.8 Å². The van der Waals surface area contributed by atoms with E-state index in [1.807, 2.05) is 13.0 Å². The first-order valence-corrected chi connectivity index (χ1v) is 11.3. The van der Waals surface area contributed by atoms with Crippen LogP contribution in [0, 0.1) is 23.2 Å². The van der Waals surface area contributed by atoms with Gasteiger partial charge in [-0.25, -0.2) is 4.79 Å². The van der Waals surface area contributed by atoms with Gasteiger partial charge in [-0.15, -0.1) is 0 Å². The second kappa shape index (κ2) is 10.9. The molecule has 1 saturated carbocycles. The maximum Gasteiger partial charge on any atom is 0.329 e. The van der Waals surface area contributed by atoms with Crippen molar-refractivity contribution >= 4 is 29.4 Å². The number of ether oxygens (including phenoxy) is 2. The molecule has 1 saturated heterocycles. The average Bonchev–Trinajstić information content (AvgIpc) is 3.08. The van der Waals surface area contributed by atoms with Crippen molar-refractivity contribution in [1.82, 2.24) is 4.90 Å². The number of anilines is 1. The maximum atomic E-state index is 12.8. The van der Waals surface area contributed by atoms with Crippen molar-refractivity contribution in [1.29, 1.82) is 5.26 Å². The number of benzene rings is 1. The number of carbonyl (C=O) groups excluding carboxylic acids is 4. The number of imide groups is 1. The van der Waals surface area contributed by atoms with Gasteiger partial charge in [0.05, 0.1) is 30.9 Å². The Labute approximate surface area is 193 Å². The zero-order chi connectivity index (χ0) is 24.0. The molecule has 1 heterocycles. The van der Waals surface area contributed by atoms with E-state index in [9.17, 15) is 19.2 Å². The molecule has 1 aromatic carbocycles. The third-order valence-electron chi connectivity index (χ3n) is 6.15.